The molecular formula is C27H21OY-. The van der Waals surface area contributed by atoms with Crippen LogP contribution in [-0.4, -0.2) is 5.78 Å². The fraction of sp³-hybridized carbons (Fsp3) is 0.0741. The average Bonchev–Trinajstić information content (AvgIpc) is 2.72. The molecule has 0 heterocycles. The van der Waals surface area contributed by atoms with Crippen LogP contribution in [-0.2, 0) is 37.5 Å². The van der Waals surface area contributed by atoms with Crippen molar-refractivity contribution >= 4 is 22.5 Å². The molecule has 0 N–H and O–H groups in total. The first-order chi connectivity index (χ1) is 13.6. The molecule has 2 heteroatoms. The molecule has 0 bridgehead atoms. The molecule has 3 aromatic carbocycles. The van der Waals surface area contributed by atoms with E-state index < -0.39 is 0 Å². The number of fused-ring (bicyclic) bond motifs is 1. The van der Waals surface area contributed by atoms with Crippen LogP contribution in [0.4, 0.5) is 0 Å². The molecule has 4 rings (SSSR count). The zero-order chi connectivity index (χ0) is 19.5. The van der Waals surface area contributed by atoms with Crippen molar-refractivity contribution in [2.75, 3.05) is 0 Å². The Kier molecular flexibility index (Phi) is 6.95. The van der Waals surface area contributed by atoms with E-state index in [1.54, 1.807) is 6.08 Å². The third-order valence-corrected chi connectivity index (χ3v) is 5.06. The van der Waals surface area contributed by atoms with Crippen molar-refractivity contribution in [1.29, 1.82) is 0 Å². The number of benzene rings is 3. The summed E-state index contributed by atoms with van der Waals surface area (Å²) in [5.41, 5.74) is 8.38. The predicted octanol–water partition coefficient (Wildman–Crippen LogP) is 6.29. The van der Waals surface area contributed by atoms with Gasteiger partial charge in [-0.1, -0.05) is 60.2 Å². The van der Waals surface area contributed by atoms with Crippen LogP contribution in [0.3, 0.4) is 0 Å². The molecule has 0 aromatic heterocycles. The fourth-order valence-electron chi connectivity index (χ4n) is 3.54. The minimum Gasteiger partial charge on any atom is -0.289 e. The van der Waals surface area contributed by atoms with Gasteiger partial charge in [0.25, 0.3) is 0 Å². The summed E-state index contributed by atoms with van der Waals surface area (Å²) in [6.45, 7) is 4.07. The van der Waals surface area contributed by atoms with Crippen LogP contribution in [0.15, 0.2) is 91.0 Å². The number of carbonyl (C=O) groups excluding carboxylic acids is 1. The number of ketones is 1. The average molecular weight is 450 g/mol. The van der Waals surface area contributed by atoms with Gasteiger partial charge in [-0.3, -0.25) is 4.79 Å². The van der Waals surface area contributed by atoms with Crippen LogP contribution in [0.25, 0.3) is 16.7 Å². The number of allylic oxidation sites excluding steroid dienone is 5. The first-order valence-electron chi connectivity index (χ1n) is 9.41. The molecule has 0 spiro atoms. The zero-order valence-corrected chi connectivity index (χ0v) is 19.5. The van der Waals surface area contributed by atoms with Crippen molar-refractivity contribution in [1.82, 2.24) is 0 Å². The largest absolute Gasteiger partial charge is 0.289 e. The Labute approximate surface area is 197 Å². The maximum absolute atomic E-state index is 12.7. The number of hydrogen-bond donors (Lipinski definition) is 0. The zero-order valence-electron chi connectivity index (χ0n) is 16.6. The van der Waals surface area contributed by atoms with E-state index in [2.05, 4.69) is 49.4 Å². The van der Waals surface area contributed by atoms with E-state index in [0.717, 1.165) is 39.0 Å². The summed E-state index contributed by atoms with van der Waals surface area (Å²) in [6, 6.07) is 27.5. The van der Waals surface area contributed by atoms with Gasteiger partial charge in [-0.15, -0.1) is 5.56 Å². The van der Waals surface area contributed by atoms with Gasteiger partial charge in [0.05, 0.1) is 0 Å². The molecule has 0 aliphatic heterocycles. The summed E-state index contributed by atoms with van der Waals surface area (Å²) in [4.78, 5) is 12.7. The van der Waals surface area contributed by atoms with Crippen LogP contribution >= 0.6 is 0 Å². The first kappa shape index (κ1) is 21.4. The molecular weight excluding hydrogens is 429 g/mol. The smallest absolute Gasteiger partial charge is 0.186 e. The Bertz CT molecular complexity index is 1120. The van der Waals surface area contributed by atoms with Crippen molar-refractivity contribution in [2.24, 2.45) is 0 Å². The van der Waals surface area contributed by atoms with Gasteiger partial charge in [0.1, 0.15) is 0 Å². The summed E-state index contributed by atoms with van der Waals surface area (Å²) in [5, 5.41) is 0. The quantitative estimate of drug-likeness (QED) is 0.338. The molecule has 0 unspecified atom stereocenters. The summed E-state index contributed by atoms with van der Waals surface area (Å²) in [5.74, 6) is 0.0529. The van der Waals surface area contributed by atoms with Gasteiger partial charge in [0.2, 0.25) is 0 Å². The van der Waals surface area contributed by atoms with Gasteiger partial charge in [-0.25, -0.2) is 0 Å². The number of aryl methyl sites for hydroxylation is 1. The van der Waals surface area contributed by atoms with Crippen LogP contribution in [0, 0.1) is 13.0 Å². The third-order valence-electron chi connectivity index (χ3n) is 5.06. The molecule has 0 fully saturated rings. The molecule has 0 amide bonds. The number of hydrogen-bond acceptors (Lipinski definition) is 1. The van der Waals surface area contributed by atoms with Crippen molar-refractivity contribution in [3.8, 4) is 0 Å². The predicted molar refractivity (Wildman–Crippen MR) is 117 cm³/mol. The Morgan fingerprint density at radius 2 is 1.45 bits per heavy atom. The summed E-state index contributed by atoms with van der Waals surface area (Å²) in [7, 11) is 0. The maximum atomic E-state index is 12.7. The summed E-state index contributed by atoms with van der Waals surface area (Å²) >= 11 is 0. The number of carbonyl (C=O) groups is 1. The molecule has 1 aliphatic carbocycles. The van der Waals surface area contributed by atoms with Gasteiger partial charge in [0.15, 0.2) is 5.78 Å². The Balaban J connectivity index is 0.00000240. The molecule has 3 aromatic rings. The van der Waals surface area contributed by atoms with Crippen LogP contribution in [0.5, 0.6) is 0 Å². The standard InChI is InChI=1S/C27H21O.Y/c1-19-12-14-22(15-13-19)24(21-8-4-3-5-9-21)16-17-26-25-11-7-6-10-23(25)20(2)18-27(26)28;/h4-18H,1-2H3;/q-1;/b24-16-,26-17-;. The van der Waals surface area contributed by atoms with E-state index in [0.29, 0.717) is 0 Å². The molecule has 29 heavy (non-hydrogen) atoms. The van der Waals surface area contributed by atoms with Crippen LogP contribution in [0.1, 0.15) is 34.7 Å². The number of rotatable bonds is 3. The van der Waals surface area contributed by atoms with Crippen LogP contribution in [0.2, 0.25) is 0 Å². The molecule has 0 saturated heterocycles. The second-order valence-corrected chi connectivity index (χ2v) is 7.05. The Hall–Kier alpha value is -2.35. The van der Waals surface area contributed by atoms with Crippen molar-refractivity contribution < 1.29 is 37.5 Å². The van der Waals surface area contributed by atoms with E-state index in [4.69, 9.17) is 0 Å². The van der Waals surface area contributed by atoms with Gasteiger partial charge < -0.3 is 0 Å². The molecule has 1 radical (unpaired) electrons. The fourth-order valence-corrected chi connectivity index (χ4v) is 3.54. The van der Waals surface area contributed by atoms with Crippen molar-refractivity contribution in [3.05, 3.63) is 125 Å². The van der Waals surface area contributed by atoms with Gasteiger partial charge in [0, 0.05) is 38.3 Å². The topological polar surface area (TPSA) is 17.1 Å². The Morgan fingerprint density at radius 1 is 0.828 bits per heavy atom. The van der Waals surface area contributed by atoms with E-state index >= 15 is 0 Å². The first-order valence-corrected chi connectivity index (χ1v) is 9.41. The Morgan fingerprint density at radius 3 is 2.14 bits per heavy atom. The van der Waals surface area contributed by atoms with Crippen LogP contribution < -0.4 is 0 Å². The van der Waals surface area contributed by atoms with Gasteiger partial charge in [-0.05, 0) is 53.8 Å². The minimum atomic E-state index is 0. The molecule has 139 valence electrons. The monoisotopic (exact) mass is 450 g/mol. The summed E-state index contributed by atoms with van der Waals surface area (Å²) < 4.78 is 0. The van der Waals surface area contributed by atoms with E-state index in [1.165, 1.54) is 5.56 Å². The maximum Gasteiger partial charge on any atom is 0.186 e. The second-order valence-electron chi connectivity index (χ2n) is 7.05. The second kappa shape index (κ2) is 9.43. The molecule has 1 aliphatic rings. The molecule has 1 nitrogen and oxygen atoms in total. The minimum absolute atomic E-state index is 0. The van der Waals surface area contributed by atoms with E-state index in [1.807, 2.05) is 55.5 Å². The van der Waals surface area contributed by atoms with E-state index in [9.17, 15) is 4.79 Å². The third kappa shape index (κ3) is 4.63. The van der Waals surface area contributed by atoms with Gasteiger partial charge >= 0.3 is 0 Å². The summed E-state index contributed by atoms with van der Waals surface area (Å²) in [6.07, 6.45) is 5.74. The SMILES string of the molecule is CC1=CC(=O)/C(=C\C=C(\c2cc[c-]cc2)c2ccc(C)cc2)c2ccccc21.[Y]. The molecule has 0 atom stereocenters. The van der Waals surface area contributed by atoms with E-state index in [-0.39, 0.29) is 38.5 Å². The molecule has 0 saturated carbocycles. The van der Waals surface area contributed by atoms with Crippen molar-refractivity contribution in [2.45, 2.75) is 13.8 Å². The van der Waals surface area contributed by atoms with Crippen molar-refractivity contribution in [3.63, 3.8) is 0 Å². The normalized spacial score (nSPS) is 14.8. The van der Waals surface area contributed by atoms with Gasteiger partial charge in [-0.2, -0.15) is 30.3 Å².